The number of hydrogen-bond donors (Lipinski definition) is 1. The van der Waals surface area contributed by atoms with Crippen LogP contribution in [-0.4, -0.2) is 27.7 Å². The summed E-state index contributed by atoms with van der Waals surface area (Å²) in [6, 6.07) is 0.619. The molecule has 2 atom stereocenters. The lowest BCUT2D eigenvalue weighted by Gasteiger charge is -2.39. The first-order valence-corrected chi connectivity index (χ1v) is 8.56. The molecule has 1 saturated heterocycles. The van der Waals surface area contributed by atoms with Crippen LogP contribution >= 0.6 is 0 Å². The van der Waals surface area contributed by atoms with Crippen LogP contribution in [-0.2, 0) is 4.43 Å². The lowest BCUT2D eigenvalue weighted by molar-refractivity contribution is 0.102. The molecule has 14 heavy (non-hydrogen) atoms. The maximum Gasteiger partial charge on any atom is 0.171 e. The highest BCUT2D eigenvalue weighted by molar-refractivity contribution is 6.48. The van der Waals surface area contributed by atoms with E-state index in [-0.39, 0.29) is 0 Å². The van der Waals surface area contributed by atoms with Crippen molar-refractivity contribution < 1.29 is 4.43 Å². The van der Waals surface area contributed by atoms with Crippen LogP contribution in [0, 0.1) is 5.41 Å². The first-order chi connectivity index (χ1) is 6.39. The molecule has 1 aliphatic rings. The summed E-state index contributed by atoms with van der Waals surface area (Å²) in [6.07, 6.45) is 2.90. The van der Waals surface area contributed by atoms with Gasteiger partial charge in [-0.2, -0.15) is 0 Å². The van der Waals surface area contributed by atoms with E-state index in [4.69, 9.17) is 4.43 Å². The third kappa shape index (κ3) is 3.71. The van der Waals surface area contributed by atoms with E-state index >= 15 is 0 Å². The van der Waals surface area contributed by atoms with Crippen LogP contribution in [0.4, 0.5) is 0 Å². The smallest absolute Gasteiger partial charge is 0.171 e. The molecule has 0 aromatic rings. The largest absolute Gasteiger partial charge is 0.418 e. The van der Waals surface area contributed by atoms with Crippen molar-refractivity contribution >= 4 is 9.04 Å². The fourth-order valence-electron chi connectivity index (χ4n) is 2.05. The van der Waals surface area contributed by atoms with Gasteiger partial charge in [-0.25, -0.2) is 0 Å². The fraction of sp³-hybridized carbons (Fsp3) is 1.00. The fourth-order valence-corrected chi connectivity index (χ4v) is 3.07. The topological polar surface area (TPSA) is 21.3 Å². The molecule has 0 aromatic heterocycles. The van der Waals surface area contributed by atoms with Crippen molar-refractivity contribution in [2.75, 3.05) is 6.54 Å². The summed E-state index contributed by atoms with van der Waals surface area (Å²) in [5.41, 5.74) is 0.362. The Balaban J connectivity index is 2.44. The van der Waals surface area contributed by atoms with Gasteiger partial charge in [0.1, 0.15) is 0 Å². The van der Waals surface area contributed by atoms with Crippen molar-refractivity contribution in [1.82, 2.24) is 5.32 Å². The van der Waals surface area contributed by atoms with Gasteiger partial charge in [-0.1, -0.05) is 20.8 Å². The molecule has 1 rings (SSSR count). The number of piperidine rings is 1. The van der Waals surface area contributed by atoms with Crippen LogP contribution in [0.25, 0.3) is 0 Å². The van der Waals surface area contributed by atoms with Crippen LogP contribution < -0.4 is 5.32 Å². The van der Waals surface area contributed by atoms with E-state index in [0.29, 0.717) is 17.6 Å². The molecule has 0 spiro atoms. The van der Waals surface area contributed by atoms with Gasteiger partial charge in [-0.15, -0.1) is 0 Å². The van der Waals surface area contributed by atoms with E-state index in [1.54, 1.807) is 0 Å². The molecule has 0 amide bonds. The summed E-state index contributed by atoms with van der Waals surface area (Å²) < 4.78 is 6.02. The molecule has 1 fully saturated rings. The number of rotatable bonds is 2. The van der Waals surface area contributed by atoms with Gasteiger partial charge in [0.25, 0.3) is 0 Å². The average Bonchev–Trinajstić information content (AvgIpc) is 2.01. The Kier molecular flexibility index (Phi) is 4.16. The van der Waals surface area contributed by atoms with Gasteiger partial charge in [-0.3, -0.25) is 0 Å². The first-order valence-electron chi connectivity index (χ1n) is 5.78. The summed E-state index contributed by atoms with van der Waals surface area (Å²) in [6.45, 7) is 12.6. The van der Waals surface area contributed by atoms with Gasteiger partial charge in [0.15, 0.2) is 9.04 Å². The second-order valence-corrected chi connectivity index (χ2v) is 8.07. The maximum absolute atomic E-state index is 6.02. The lowest BCUT2D eigenvalue weighted by Crippen LogP contribution is -2.48. The summed E-state index contributed by atoms with van der Waals surface area (Å²) in [5, 5.41) is 3.60. The Hall–Kier alpha value is 0.137. The van der Waals surface area contributed by atoms with Gasteiger partial charge in [0.2, 0.25) is 0 Å². The average molecular weight is 215 g/mol. The van der Waals surface area contributed by atoms with E-state index in [0.717, 1.165) is 6.54 Å². The standard InChI is InChI=1S/C11H25NOSi/c1-11(2,3)10-8-9(6-7-12-10)13-14(4)5/h9-10,12,14H,6-8H2,1-5H3. The lowest BCUT2D eigenvalue weighted by atomic mass is 9.81. The van der Waals surface area contributed by atoms with Crippen molar-refractivity contribution in [3.8, 4) is 0 Å². The zero-order valence-electron chi connectivity index (χ0n) is 10.3. The van der Waals surface area contributed by atoms with Gasteiger partial charge in [-0.05, 0) is 37.9 Å². The molecule has 0 saturated carbocycles. The molecule has 0 bridgehead atoms. The summed E-state index contributed by atoms with van der Waals surface area (Å²) in [7, 11) is -0.853. The molecule has 0 aliphatic carbocycles. The van der Waals surface area contributed by atoms with E-state index in [2.05, 4.69) is 39.2 Å². The first kappa shape index (κ1) is 12.2. The van der Waals surface area contributed by atoms with Crippen LogP contribution in [0.1, 0.15) is 33.6 Å². The highest BCUT2D eigenvalue weighted by Crippen LogP contribution is 2.27. The quantitative estimate of drug-likeness (QED) is 0.713. The molecule has 2 unspecified atom stereocenters. The molecule has 0 aromatic carbocycles. The zero-order valence-corrected chi connectivity index (χ0v) is 11.4. The minimum atomic E-state index is -0.853. The predicted octanol–water partition coefficient (Wildman–Crippen LogP) is 2.15. The Morgan fingerprint density at radius 1 is 1.29 bits per heavy atom. The Morgan fingerprint density at radius 3 is 2.43 bits per heavy atom. The molecule has 1 aliphatic heterocycles. The minimum absolute atomic E-state index is 0.362. The number of nitrogens with one attached hydrogen (secondary N) is 1. The maximum atomic E-state index is 6.02. The third-order valence-electron chi connectivity index (χ3n) is 2.87. The minimum Gasteiger partial charge on any atom is -0.418 e. The Bertz CT molecular complexity index is 177. The molecular formula is C11H25NOSi. The van der Waals surface area contributed by atoms with Crippen molar-refractivity contribution in [3.63, 3.8) is 0 Å². The van der Waals surface area contributed by atoms with E-state index in [9.17, 15) is 0 Å². The zero-order chi connectivity index (χ0) is 10.8. The molecule has 1 heterocycles. The van der Waals surface area contributed by atoms with Crippen molar-refractivity contribution in [2.24, 2.45) is 5.41 Å². The van der Waals surface area contributed by atoms with E-state index in [1.807, 2.05) is 0 Å². The second kappa shape index (κ2) is 4.77. The monoisotopic (exact) mass is 215 g/mol. The number of hydrogen-bond acceptors (Lipinski definition) is 2. The van der Waals surface area contributed by atoms with Gasteiger partial charge < -0.3 is 9.74 Å². The summed E-state index contributed by atoms with van der Waals surface area (Å²) in [4.78, 5) is 0. The third-order valence-corrected chi connectivity index (χ3v) is 3.79. The molecule has 84 valence electrons. The Morgan fingerprint density at radius 2 is 1.93 bits per heavy atom. The van der Waals surface area contributed by atoms with E-state index < -0.39 is 9.04 Å². The van der Waals surface area contributed by atoms with Gasteiger partial charge in [0.05, 0.1) is 0 Å². The molecule has 2 nitrogen and oxygen atoms in total. The summed E-state index contributed by atoms with van der Waals surface area (Å²) >= 11 is 0. The van der Waals surface area contributed by atoms with Crippen LogP contribution in [0.15, 0.2) is 0 Å². The van der Waals surface area contributed by atoms with E-state index in [1.165, 1.54) is 12.8 Å². The molecule has 0 radical (unpaired) electrons. The van der Waals surface area contributed by atoms with Crippen molar-refractivity contribution in [1.29, 1.82) is 0 Å². The van der Waals surface area contributed by atoms with Crippen LogP contribution in [0.3, 0.4) is 0 Å². The normalized spacial score (nSPS) is 29.6. The second-order valence-electron chi connectivity index (χ2n) is 5.70. The molecule has 3 heteroatoms. The van der Waals surface area contributed by atoms with Gasteiger partial charge >= 0.3 is 0 Å². The SMILES string of the molecule is C[SiH](C)OC1CCNC(C(C)(C)C)C1. The van der Waals surface area contributed by atoms with Crippen molar-refractivity contribution in [2.45, 2.75) is 58.9 Å². The van der Waals surface area contributed by atoms with Crippen LogP contribution in [0.2, 0.25) is 13.1 Å². The highest BCUT2D eigenvalue weighted by atomic mass is 28.3. The van der Waals surface area contributed by atoms with Crippen LogP contribution in [0.5, 0.6) is 0 Å². The highest BCUT2D eigenvalue weighted by Gasteiger charge is 2.30. The predicted molar refractivity (Wildman–Crippen MR) is 64.2 cm³/mol. The molecule has 1 N–H and O–H groups in total. The van der Waals surface area contributed by atoms with Gasteiger partial charge in [0, 0.05) is 12.1 Å². The molecular weight excluding hydrogens is 190 g/mol. The Labute approximate surface area is 90.1 Å². The van der Waals surface area contributed by atoms with Crippen molar-refractivity contribution in [3.05, 3.63) is 0 Å². The summed E-state index contributed by atoms with van der Waals surface area (Å²) in [5.74, 6) is 0.